The van der Waals surface area contributed by atoms with E-state index in [9.17, 15) is 0 Å². The third-order valence-corrected chi connectivity index (χ3v) is 4.88. The third kappa shape index (κ3) is 4.17. The maximum Gasteiger partial charge on any atom is 0.226 e. The van der Waals surface area contributed by atoms with Crippen molar-refractivity contribution in [3.05, 3.63) is 95.1 Å². The highest BCUT2D eigenvalue weighted by atomic mass is 16.5. The van der Waals surface area contributed by atoms with E-state index in [1.807, 2.05) is 55.6 Å². The van der Waals surface area contributed by atoms with Crippen LogP contribution in [0, 0.1) is 13.8 Å². The van der Waals surface area contributed by atoms with Crippen LogP contribution >= 0.6 is 0 Å². The Morgan fingerprint density at radius 1 is 1.00 bits per heavy atom. The van der Waals surface area contributed by atoms with E-state index in [4.69, 9.17) is 9.15 Å². The zero-order valence-corrected chi connectivity index (χ0v) is 16.2. The molecule has 2 aromatic carbocycles. The highest BCUT2D eigenvalue weighted by Crippen LogP contribution is 2.22. The Labute approximate surface area is 165 Å². The molecule has 142 valence electrons. The fourth-order valence-corrected chi connectivity index (χ4v) is 3.26. The van der Waals surface area contributed by atoms with Crippen LogP contribution in [-0.4, -0.2) is 16.6 Å². The van der Waals surface area contributed by atoms with E-state index in [1.54, 1.807) is 0 Å². The number of benzene rings is 2. The maximum absolute atomic E-state index is 5.98. The number of H-pyrrole nitrogens is 1. The number of aryl methyl sites for hydroxylation is 2. The van der Waals surface area contributed by atoms with Crippen LogP contribution in [0.5, 0.6) is 5.75 Å². The monoisotopic (exact) mass is 372 g/mol. The summed E-state index contributed by atoms with van der Waals surface area (Å²) in [5, 5.41) is 0. The molecule has 1 N–H and O–H groups in total. The minimum atomic E-state index is 0.564. The van der Waals surface area contributed by atoms with Gasteiger partial charge in [-0.05, 0) is 61.2 Å². The normalized spacial score (nSPS) is 10.9. The number of hydrogen-bond donors (Lipinski definition) is 1. The summed E-state index contributed by atoms with van der Waals surface area (Å²) in [6.07, 6.45) is 5.69. The molecule has 0 unspecified atom stereocenters. The van der Waals surface area contributed by atoms with Crippen molar-refractivity contribution in [1.82, 2.24) is 9.97 Å². The summed E-state index contributed by atoms with van der Waals surface area (Å²) in [6, 6.07) is 18.2. The highest BCUT2D eigenvalue weighted by molar-refractivity contribution is 5.53. The average Bonchev–Trinajstić information content (AvgIpc) is 3.29. The second kappa shape index (κ2) is 8.17. The molecule has 2 heterocycles. The molecule has 4 nitrogen and oxygen atoms in total. The lowest BCUT2D eigenvalue weighted by Crippen LogP contribution is -2.03. The van der Waals surface area contributed by atoms with Crippen molar-refractivity contribution < 1.29 is 9.15 Å². The van der Waals surface area contributed by atoms with Gasteiger partial charge in [0, 0.05) is 24.4 Å². The van der Waals surface area contributed by atoms with Crippen LogP contribution in [0.4, 0.5) is 0 Å². The molecular formula is C24H24N2O2. The van der Waals surface area contributed by atoms with Gasteiger partial charge in [0.05, 0.1) is 12.3 Å². The fourth-order valence-electron chi connectivity index (χ4n) is 3.26. The Morgan fingerprint density at radius 3 is 2.64 bits per heavy atom. The Bertz CT molecular complexity index is 1050. The molecular weight excluding hydrogens is 348 g/mol. The molecule has 0 spiro atoms. The summed E-state index contributed by atoms with van der Waals surface area (Å²) in [7, 11) is 0. The van der Waals surface area contributed by atoms with Gasteiger partial charge in [-0.3, -0.25) is 0 Å². The first kappa shape index (κ1) is 18.1. The molecule has 4 aromatic rings. The van der Waals surface area contributed by atoms with Gasteiger partial charge in [-0.15, -0.1) is 0 Å². The highest BCUT2D eigenvalue weighted by Gasteiger charge is 2.11. The molecule has 2 aromatic heterocycles. The molecule has 0 aliphatic carbocycles. The Morgan fingerprint density at radius 2 is 1.86 bits per heavy atom. The van der Waals surface area contributed by atoms with Crippen LogP contribution in [0.1, 0.15) is 28.1 Å². The van der Waals surface area contributed by atoms with E-state index in [0.29, 0.717) is 18.9 Å². The predicted molar refractivity (Wildman–Crippen MR) is 111 cm³/mol. The number of nitrogens with one attached hydrogen (secondary N) is 1. The van der Waals surface area contributed by atoms with Gasteiger partial charge in [-0.25, -0.2) is 4.98 Å². The molecule has 0 aliphatic heterocycles. The summed E-state index contributed by atoms with van der Waals surface area (Å²) in [5.41, 5.74) is 5.76. The maximum atomic E-state index is 5.98. The van der Waals surface area contributed by atoms with Gasteiger partial charge in [-0.1, -0.05) is 30.3 Å². The molecule has 0 atom stereocenters. The van der Waals surface area contributed by atoms with Crippen molar-refractivity contribution in [2.45, 2.75) is 26.7 Å². The van der Waals surface area contributed by atoms with Crippen molar-refractivity contribution in [3.8, 4) is 17.2 Å². The van der Waals surface area contributed by atoms with Crippen LogP contribution in [0.25, 0.3) is 11.5 Å². The molecule has 0 fully saturated rings. The van der Waals surface area contributed by atoms with Gasteiger partial charge in [0.15, 0.2) is 0 Å². The second-order valence-electron chi connectivity index (χ2n) is 6.97. The fraction of sp³-hybridized carbons (Fsp3) is 0.208. The molecule has 0 aliphatic rings. The lowest BCUT2D eigenvalue weighted by Gasteiger charge is -2.08. The van der Waals surface area contributed by atoms with Crippen molar-refractivity contribution in [3.63, 3.8) is 0 Å². The quantitative estimate of drug-likeness (QED) is 0.466. The first-order valence-corrected chi connectivity index (χ1v) is 9.55. The molecule has 28 heavy (non-hydrogen) atoms. The van der Waals surface area contributed by atoms with Gasteiger partial charge < -0.3 is 14.1 Å². The van der Waals surface area contributed by atoms with E-state index in [-0.39, 0.29) is 0 Å². The first-order valence-electron chi connectivity index (χ1n) is 9.55. The predicted octanol–water partition coefficient (Wildman–Crippen LogP) is 5.50. The summed E-state index contributed by atoms with van der Waals surface area (Å²) >= 11 is 0. The van der Waals surface area contributed by atoms with Crippen LogP contribution in [-0.2, 0) is 12.8 Å². The topological polar surface area (TPSA) is 51.0 Å². The molecule has 0 saturated carbocycles. The number of nitrogens with zero attached hydrogens (tertiary/aromatic N) is 1. The summed E-state index contributed by atoms with van der Waals surface area (Å²) < 4.78 is 11.8. The van der Waals surface area contributed by atoms with Gasteiger partial charge in [0.25, 0.3) is 0 Å². The molecule has 4 heteroatoms. The van der Waals surface area contributed by atoms with Crippen LogP contribution < -0.4 is 4.74 Å². The van der Waals surface area contributed by atoms with Gasteiger partial charge >= 0.3 is 0 Å². The number of aromatic nitrogens is 2. The van der Waals surface area contributed by atoms with Crippen molar-refractivity contribution in [1.29, 1.82) is 0 Å². The summed E-state index contributed by atoms with van der Waals surface area (Å²) in [6.45, 7) is 4.64. The number of aromatic amines is 1. The van der Waals surface area contributed by atoms with Crippen molar-refractivity contribution in [2.75, 3.05) is 6.61 Å². The molecule has 0 bridgehead atoms. The minimum Gasteiger partial charge on any atom is -0.493 e. The van der Waals surface area contributed by atoms with Crippen molar-refractivity contribution in [2.24, 2.45) is 0 Å². The number of rotatable bonds is 7. The zero-order chi connectivity index (χ0) is 19.3. The molecule has 0 saturated heterocycles. The lowest BCUT2D eigenvalue weighted by molar-refractivity contribution is 0.319. The van der Waals surface area contributed by atoms with Gasteiger partial charge in [-0.2, -0.15) is 0 Å². The zero-order valence-electron chi connectivity index (χ0n) is 16.2. The van der Waals surface area contributed by atoms with E-state index in [0.717, 1.165) is 29.2 Å². The Hall–Kier alpha value is -3.27. The Balaban J connectivity index is 1.37. The van der Waals surface area contributed by atoms with Crippen LogP contribution in [0.3, 0.4) is 0 Å². The molecule has 0 radical (unpaired) electrons. The smallest absolute Gasteiger partial charge is 0.226 e. The largest absolute Gasteiger partial charge is 0.493 e. The summed E-state index contributed by atoms with van der Waals surface area (Å²) in [5.74, 6) is 2.39. The van der Waals surface area contributed by atoms with Gasteiger partial charge in [0.1, 0.15) is 11.5 Å². The lowest BCUT2D eigenvalue weighted by atomic mass is 10.0. The SMILES string of the molecule is Cc1c[nH]cc1Cc1cccc(OCCc2nc(-c3ccccc3)oc2C)c1. The van der Waals surface area contributed by atoms with Crippen LogP contribution in [0.2, 0.25) is 0 Å². The minimum absolute atomic E-state index is 0.564. The van der Waals surface area contributed by atoms with Crippen LogP contribution in [0.15, 0.2) is 71.4 Å². The Kier molecular flexibility index (Phi) is 5.29. The summed E-state index contributed by atoms with van der Waals surface area (Å²) in [4.78, 5) is 7.80. The third-order valence-electron chi connectivity index (χ3n) is 4.88. The molecule has 4 rings (SSSR count). The van der Waals surface area contributed by atoms with E-state index in [2.05, 4.69) is 35.2 Å². The van der Waals surface area contributed by atoms with E-state index < -0.39 is 0 Å². The average molecular weight is 372 g/mol. The van der Waals surface area contributed by atoms with E-state index >= 15 is 0 Å². The number of hydrogen-bond acceptors (Lipinski definition) is 3. The second-order valence-corrected chi connectivity index (χ2v) is 6.97. The van der Waals surface area contributed by atoms with Crippen molar-refractivity contribution >= 4 is 0 Å². The van der Waals surface area contributed by atoms with Gasteiger partial charge in [0.2, 0.25) is 5.89 Å². The number of ether oxygens (including phenoxy) is 1. The van der Waals surface area contributed by atoms with E-state index in [1.165, 1.54) is 16.7 Å². The molecule has 0 amide bonds. The first-order chi connectivity index (χ1) is 13.7. The number of oxazole rings is 1. The standard InChI is InChI=1S/C24H24N2O2/c1-17-15-25-16-21(17)13-19-7-6-10-22(14-19)27-12-11-23-18(2)28-24(26-23)20-8-4-3-5-9-20/h3-10,14-16,25H,11-13H2,1-2H3.